The number of hydrogen-bond donors (Lipinski definition) is 2. The van der Waals surface area contributed by atoms with Gasteiger partial charge in [-0.2, -0.15) is 0 Å². The van der Waals surface area contributed by atoms with Crippen molar-refractivity contribution >= 4 is 0 Å². The topological polar surface area (TPSA) is 40.5 Å². The average Bonchev–Trinajstić information content (AvgIpc) is 2.14. The van der Waals surface area contributed by atoms with Crippen molar-refractivity contribution in [3.63, 3.8) is 0 Å². The molecule has 78 valence electrons. The van der Waals surface area contributed by atoms with Crippen LogP contribution in [-0.4, -0.2) is 16.8 Å². The minimum atomic E-state index is -1.19. The third-order valence-corrected chi connectivity index (χ3v) is 1.97. The van der Waals surface area contributed by atoms with E-state index in [1.165, 1.54) is 6.07 Å². The fourth-order valence-electron chi connectivity index (χ4n) is 1.26. The Morgan fingerprint density at radius 1 is 1.21 bits per heavy atom. The van der Waals surface area contributed by atoms with Crippen LogP contribution in [0.4, 0.5) is 8.78 Å². The number of aliphatic hydroxyl groups is 2. The first-order valence-electron chi connectivity index (χ1n) is 4.39. The van der Waals surface area contributed by atoms with E-state index in [4.69, 9.17) is 5.11 Å². The lowest BCUT2D eigenvalue weighted by atomic mass is 10.0. The van der Waals surface area contributed by atoms with Crippen molar-refractivity contribution in [3.05, 3.63) is 35.4 Å². The van der Waals surface area contributed by atoms with Crippen molar-refractivity contribution < 1.29 is 19.0 Å². The molecule has 1 rings (SSSR count). The SMILES string of the molecule is OCCCC(O)c1c(F)cccc1F. The monoisotopic (exact) mass is 202 g/mol. The van der Waals surface area contributed by atoms with E-state index in [9.17, 15) is 13.9 Å². The zero-order valence-electron chi connectivity index (χ0n) is 7.58. The molecule has 1 aromatic rings. The van der Waals surface area contributed by atoms with Crippen LogP contribution in [0.5, 0.6) is 0 Å². The van der Waals surface area contributed by atoms with Crippen molar-refractivity contribution in [2.24, 2.45) is 0 Å². The molecule has 0 fully saturated rings. The molecule has 0 saturated heterocycles. The first-order chi connectivity index (χ1) is 6.66. The number of benzene rings is 1. The summed E-state index contributed by atoms with van der Waals surface area (Å²) in [6.07, 6.45) is -0.730. The molecule has 0 aliphatic rings. The van der Waals surface area contributed by atoms with Gasteiger partial charge in [0.05, 0.1) is 11.7 Å². The summed E-state index contributed by atoms with van der Waals surface area (Å²) < 4.78 is 26.1. The Kier molecular flexibility index (Phi) is 3.98. The molecule has 1 aromatic carbocycles. The van der Waals surface area contributed by atoms with Gasteiger partial charge in [0.15, 0.2) is 0 Å². The fourth-order valence-corrected chi connectivity index (χ4v) is 1.26. The second-order valence-corrected chi connectivity index (χ2v) is 3.02. The molecule has 0 amide bonds. The Bertz CT molecular complexity index is 282. The van der Waals surface area contributed by atoms with Crippen LogP contribution in [0.1, 0.15) is 24.5 Å². The smallest absolute Gasteiger partial charge is 0.131 e. The van der Waals surface area contributed by atoms with Crippen LogP contribution < -0.4 is 0 Å². The molecule has 0 saturated carbocycles. The van der Waals surface area contributed by atoms with Crippen molar-refractivity contribution in [1.29, 1.82) is 0 Å². The van der Waals surface area contributed by atoms with Crippen molar-refractivity contribution in [1.82, 2.24) is 0 Å². The lowest BCUT2D eigenvalue weighted by Crippen LogP contribution is -2.04. The fraction of sp³-hybridized carbons (Fsp3) is 0.400. The highest BCUT2D eigenvalue weighted by atomic mass is 19.1. The van der Waals surface area contributed by atoms with Gasteiger partial charge in [0.25, 0.3) is 0 Å². The molecule has 1 atom stereocenters. The van der Waals surface area contributed by atoms with Gasteiger partial charge < -0.3 is 10.2 Å². The first-order valence-corrected chi connectivity index (χ1v) is 4.39. The molecule has 0 aromatic heterocycles. The summed E-state index contributed by atoms with van der Waals surface area (Å²) in [5.74, 6) is -1.51. The minimum absolute atomic E-state index is 0.104. The van der Waals surface area contributed by atoms with Crippen LogP contribution in [0.2, 0.25) is 0 Å². The molecule has 2 nitrogen and oxygen atoms in total. The van der Waals surface area contributed by atoms with Crippen molar-refractivity contribution in [3.8, 4) is 0 Å². The molecule has 0 aliphatic carbocycles. The standard InChI is InChI=1S/C10H12F2O2/c11-7-3-1-4-8(12)10(7)9(14)5-2-6-13/h1,3-4,9,13-14H,2,5-6H2. The molecule has 14 heavy (non-hydrogen) atoms. The zero-order chi connectivity index (χ0) is 10.6. The molecule has 2 N–H and O–H groups in total. The molecule has 1 unspecified atom stereocenters. The van der Waals surface area contributed by atoms with Crippen LogP contribution >= 0.6 is 0 Å². The summed E-state index contributed by atoms with van der Waals surface area (Å²) in [5, 5.41) is 17.9. The van der Waals surface area contributed by atoms with Gasteiger partial charge in [0, 0.05) is 6.61 Å². The van der Waals surface area contributed by atoms with Gasteiger partial charge in [0.2, 0.25) is 0 Å². The predicted molar refractivity (Wildman–Crippen MR) is 47.6 cm³/mol. The third kappa shape index (κ3) is 2.49. The minimum Gasteiger partial charge on any atom is -0.396 e. The maximum absolute atomic E-state index is 13.1. The van der Waals surface area contributed by atoms with E-state index in [0.717, 1.165) is 12.1 Å². The van der Waals surface area contributed by atoms with Crippen LogP contribution in [-0.2, 0) is 0 Å². The summed E-state index contributed by atoms with van der Waals surface area (Å²) in [6.45, 7) is -0.104. The lowest BCUT2D eigenvalue weighted by Gasteiger charge is -2.11. The molecule has 0 aliphatic heterocycles. The van der Waals surface area contributed by atoms with E-state index in [2.05, 4.69) is 0 Å². The van der Waals surface area contributed by atoms with Crippen LogP contribution in [0.25, 0.3) is 0 Å². The first kappa shape index (κ1) is 11.1. The zero-order valence-corrected chi connectivity index (χ0v) is 7.58. The summed E-state index contributed by atoms with van der Waals surface area (Å²) in [5.41, 5.74) is -0.319. The molecule has 0 heterocycles. The highest BCUT2D eigenvalue weighted by molar-refractivity contribution is 5.21. The van der Waals surface area contributed by atoms with Crippen LogP contribution in [0.3, 0.4) is 0 Å². The highest BCUT2D eigenvalue weighted by Gasteiger charge is 2.16. The van der Waals surface area contributed by atoms with E-state index < -0.39 is 17.7 Å². The number of rotatable bonds is 4. The Morgan fingerprint density at radius 3 is 2.29 bits per heavy atom. The molecular weight excluding hydrogens is 190 g/mol. The lowest BCUT2D eigenvalue weighted by molar-refractivity contribution is 0.143. The summed E-state index contributed by atoms with van der Waals surface area (Å²) in [7, 11) is 0. The molecule has 4 heteroatoms. The molecular formula is C10H12F2O2. The second kappa shape index (κ2) is 5.02. The molecule has 0 bridgehead atoms. The quantitative estimate of drug-likeness (QED) is 0.781. The van der Waals surface area contributed by atoms with Gasteiger partial charge in [-0.05, 0) is 25.0 Å². The predicted octanol–water partition coefficient (Wildman–Crippen LogP) is 1.77. The Morgan fingerprint density at radius 2 is 1.79 bits per heavy atom. The van der Waals surface area contributed by atoms with Gasteiger partial charge in [-0.25, -0.2) is 8.78 Å². The Labute approximate surface area is 80.8 Å². The van der Waals surface area contributed by atoms with E-state index >= 15 is 0 Å². The van der Waals surface area contributed by atoms with E-state index in [0.29, 0.717) is 6.42 Å². The van der Waals surface area contributed by atoms with Crippen LogP contribution in [0, 0.1) is 11.6 Å². The van der Waals surface area contributed by atoms with E-state index in [1.54, 1.807) is 0 Å². The van der Waals surface area contributed by atoms with Gasteiger partial charge in [-0.3, -0.25) is 0 Å². The average molecular weight is 202 g/mol. The number of aliphatic hydroxyl groups excluding tert-OH is 2. The van der Waals surface area contributed by atoms with E-state index in [-0.39, 0.29) is 18.6 Å². The highest BCUT2D eigenvalue weighted by Crippen LogP contribution is 2.23. The maximum Gasteiger partial charge on any atom is 0.131 e. The summed E-state index contributed by atoms with van der Waals surface area (Å²) in [4.78, 5) is 0. The van der Waals surface area contributed by atoms with Crippen molar-refractivity contribution in [2.75, 3.05) is 6.61 Å². The Balaban J connectivity index is 2.82. The normalized spacial score (nSPS) is 12.9. The number of hydrogen-bond acceptors (Lipinski definition) is 2. The van der Waals surface area contributed by atoms with Crippen molar-refractivity contribution in [2.45, 2.75) is 18.9 Å². The second-order valence-electron chi connectivity index (χ2n) is 3.02. The summed E-state index contributed by atoms with van der Waals surface area (Å²) >= 11 is 0. The largest absolute Gasteiger partial charge is 0.396 e. The van der Waals surface area contributed by atoms with Gasteiger partial charge in [-0.1, -0.05) is 6.07 Å². The molecule has 0 radical (unpaired) electrons. The van der Waals surface area contributed by atoms with Gasteiger partial charge in [0.1, 0.15) is 11.6 Å². The van der Waals surface area contributed by atoms with E-state index in [1.807, 2.05) is 0 Å². The number of halogens is 2. The molecule has 0 spiro atoms. The maximum atomic E-state index is 13.1. The van der Waals surface area contributed by atoms with Crippen LogP contribution in [0.15, 0.2) is 18.2 Å². The van der Waals surface area contributed by atoms with Gasteiger partial charge in [-0.15, -0.1) is 0 Å². The Hall–Kier alpha value is -1.00. The summed E-state index contributed by atoms with van der Waals surface area (Å²) in [6, 6.07) is 3.44. The third-order valence-electron chi connectivity index (χ3n) is 1.97. The van der Waals surface area contributed by atoms with Gasteiger partial charge >= 0.3 is 0 Å².